The highest BCUT2D eigenvalue weighted by Gasteiger charge is 2.20. The fourth-order valence-corrected chi connectivity index (χ4v) is 2.99. The third-order valence-electron chi connectivity index (χ3n) is 4.22. The number of hydrogen-bond donors (Lipinski definition) is 0. The van der Waals surface area contributed by atoms with E-state index in [1.807, 2.05) is 24.8 Å². The summed E-state index contributed by atoms with van der Waals surface area (Å²) in [6.45, 7) is 5.59. The van der Waals surface area contributed by atoms with Gasteiger partial charge < -0.3 is 4.90 Å². The first-order valence-corrected chi connectivity index (χ1v) is 7.78. The van der Waals surface area contributed by atoms with Crippen LogP contribution >= 0.6 is 0 Å². The second-order valence-corrected chi connectivity index (χ2v) is 5.87. The van der Waals surface area contributed by atoms with Gasteiger partial charge in [-0.25, -0.2) is 9.50 Å². The summed E-state index contributed by atoms with van der Waals surface area (Å²) in [5.41, 5.74) is 3.27. The van der Waals surface area contributed by atoms with Gasteiger partial charge in [0.1, 0.15) is 0 Å². The lowest BCUT2D eigenvalue weighted by Gasteiger charge is -2.25. The van der Waals surface area contributed by atoms with Gasteiger partial charge in [0.25, 0.3) is 5.91 Å². The molecule has 0 N–H and O–H groups in total. The summed E-state index contributed by atoms with van der Waals surface area (Å²) in [6, 6.07) is 1.93. The molecule has 1 amide bonds. The number of fused-ring (bicyclic) bond motifs is 1. The molecule has 1 aliphatic heterocycles. The zero-order valence-corrected chi connectivity index (χ0v) is 12.8. The monoisotopic (exact) mass is 286 g/mol. The SMILES string of the molecule is Cc1cc2ncc(C(=O)N3CCCCCCC3)c(C)n2n1. The van der Waals surface area contributed by atoms with E-state index in [1.54, 1.807) is 10.7 Å². The van der Waals surface area contributed by atoms with Gasteiger partial charge in [0.15, 0.2) is 5.65 Å². The van der Waals surface area contributed by atoms with E-state index < -0.39 is 0 Å². The van der Waals surface area contributed by atoms with Crippen LogP contribution in [-0.2, 0) is 0 Å². The average molecular weight is 286 g/mol. The quantitative estimate of drug-likeness (QED) is 0.810. The number of amides is 1. The van der Waals surface area contributed by atoms with E-state index in [0.29, 0.717) is 5.56 Å². The molecule has 0 aliphatic carbocycles. The van der Waals surface area contributed by atoms with Crippen LogP contribution in [-0.4, -0.2) is 38.5 Å². The van der Waals surface area contributed by atoms with Gasteiger partial charge in [0.05, 0.1) is 17.0 Å². The van der Waals surface area contributed by atoms with Crippen LogP contribution in [0.5, 0.6) is 0 Å². The Balaban J connectivity index is 1.91. The van der Waals surface area contributed by atoms with Crippen molar-refractivity contribution in [2.75, 3.05) is 13.1 Å². The molecule has 0 bridgehead atoms. The van der Waals surface area contributed by atoms with Crippen LogP contribution < -0.4 is 0 Å². The Labute approximate surface area is 125 Å². The summed E-state index contributed by atoms with van der Waals surface area (Å²) in [5.74, 6) is 0.0944. The summed E-state index contributed by atoms with van der Waals surface area (Å²) in [6.07, 6.45) is 7.63. The van der Waals surface area contributed by atoms with Crippen molar-refractivity contribution in [2.24, 2.45) is 0 Å². The highest BCUT2D eigenvalue weighted by Crippen LogP contribution is 2.16. The van der Waals surface area contributed by atoms with Crippen LogP contribution in [0, 0.1) is 13.8 Å². The molecule has 5 nitrogen and oxygen atoms in total. The molecule has 0 unspecified atom stereocenters. The molecule has 3 rings (SSSR count). The number of carbonyl (C=O) groups is 1. The average Bonchev–Trinajstić information content (AvgIpc) is 2.80. The molecule has 1 saturated heterocycles. The zero-order chi connectivity index (χ0) is 14.8. The van der Waals surface area contributed by atoms with Gasteiger partial charge in [-0.05, 0) is 26.7 Å². The minimum absolute atomic E-state index is 0.0944. The standard InChI is InChI=1S/C16H22N4O/c1-12-10-15-17-11-14(13(2)20(15)18-12)16(21)19-8-6-4-3-5-7-9-19/h10-11H,3-9H2,1-2H3. The van der Waals surface area contributed by atoms with E-state index in [4.69, 9.17) is 0 Å². The molecule has 2 aromatic rings. The highest BCUT2D eigenvalue weighted by atomic mass is 16.2. The predicted octanol–water partition coefficient (Wildman–Crippen LogP) is 2.75. The number of carbonyl (C=O) groups excluding carboxylic acids is 1. The molecule has 3 heterocycles. The van der Waals surface area contributed by atoms with Crippen LogP contribution in [0.3, 0.4) is 0 Å². The van der Waals surface area contributed by atoms with Crippen LogP contribution in [0.15, 0.2) is 12.3 Å². The molecule has 112 valence electrons. The van der Waals surface area contributed by atoms with E-state index in [0.717, 1.165) is 43.0 Å². The lowest BCUT2D eigenvalue weighted by Crippen LogP contribution is -2.34. The second-order valence-electron chi connectivity index (χ2n) is 5.87. The Bertz CT molecular complexity index is 654. The molecule has 5 heteroatoms. The lowest BCUT2D eigenvalue weighted by atomic mass is 10.1. The molecule has 0 saturated carbocycles. The third kappa shape index (κ3) is 2.77. The number of aryl methyl sites for hydroxylation is 2. The summed E-state index contributed by atoms with van der Waals surface area (Å²) >= 11 is 0. The van der Waals surface area contributed by atoms with Gasteiger partial charge in [-0.2, -0.15) is 5.10 Å². The number of likely N-dealkylation sites (tertiary alicyclic amines) is 1. The van der Waals surface area contributed by atoms with Crippen molar-refractivity contribution < 1.29 is 4.79 Å². The van der Waals surface area contributed by atoms with Crippen LogP contribution in [0.25, 0.3) is 5.65 Å². The number of nitrogens with zero attached hydrogens (tertiary/aromatic N) is 4. The molecular formula is C16H22N4O. The van der Waals surface area contributed by atoms with Crippen molar-refractivity contribution >= 4 is 11.6 Å². The van der Waals surface area contributed by atoms with Gasteiger partial charge in [0, 0.05) is 25.4 Å². The maximum absolute atomic E-state index is 12.8. The topological polar surface area (TPSA) is 50.5 Å². The van der Waals surface area contributed by atoms with E-state index in [-0.39, 0.29) is 5.91 Å². The van der Waals surface area contributed by atoms with Crippen molar-refractivity contribution in [1.29, 1.82) is 0 Å². The van der Waals surface area contributed by atoms with Crippen LogP contribution in [0.2, 0.25) is 0 Å². The first-order chi connectivity index (χ1) is 10.2. The van der Waals surface area contributed by atoms with Crippen molar-refractivity contribution in [3.05, 3.63) is 29.2 Å². The van der Waals surface area contributed by atoms with Crippen LogP contribution in [0.4, 0.5) is 0 Å². The van der Waals surface area contributed by atoms with E-state index in [9.17, 15) is 4.79 Å². The van der Waals surface area contributed by atoms with Crippen molar-refractivity contribution in [1.82, 2.24) is 19.5 Å². The normalized spacial score (nSPS) is 16.8. The van der Waals surface area contributed by atoms with Crippen LogP contribution in [0.1, 0.15) is 53.8 Å². The molecule has 0 spiro atoms. The van der Waals surface area contributed by atoms with Crippen molar-refractivity contribution in [3.63, 3.8) is 0 Å². The van der Waals surface area contributed by atoms with Gasteiger partial charge in [-0.3, -0.25) is 4.79 Å². The highest BCUT2D eigenvalue weighted by molar-refractivity contribution is 5.95. The number of aromatic nitrogens is 3. The lowest BCUT2D eigenvalue weighted by molar-refractivity contribution is 0.0740. The maximum atomic E-state index is 12.8. The Morgan fingerprint density at radius 1 is 1.10 bits per heavy atom. The molecule has 2 aromatic heterocycles. The molecule has 1 fully saturated rings. The van der Waals surface area contributed by atoms with E-state index in [2.05, 4.69) is 10.1 Å². The van der Waals surface area contributed by atoms with Gasteiger partial charge in [-0.1, -0.05) is 19.3 Å². The van der Waals surface area contributed by atoms with E-state index in [1.165, 1.54) is 19.3 Å². The Morgan fingerprint density at radius 3 is 2.48 bits per heavy atom. The predicted molar refractivity (Wildman–Crippen MR) is 81.4 cm³/mol. The van der Waals surface area contributed by atoms with Gasteiger partial charge >= 0.3 is 0 Å². The largest absolute Gasteiger partial charge is 0.339 e. The summed E-state index contributed by atoms with van der Waals surface area (Å²) in [5, 5.41) is 4.42. The maximum Gasteiger partial charge on any atom is 0.257 e. The minimum Gasteiger partial charge on any atom is -0.339 e. The minimum atomic E-state index is 0.0944. The Morgan fingerprint density at radius 2 is 1.76 bits per heavy atom. The zero-order valence-electron chi connectivity index (χ0n) is 12.8. The molecule has 0 aromatic carbocycles. The number of rotatable bonds is 1. The first kappa shape index (κ1) is 14.0. The van der Waals surface area contributed by atoms with Crippen molar-refractivity contribution in [3.8, 4) is 0 Å². The van der Waals surface area contributed by atoms with E-state index >= 15 is 0 Å². The fraction of sp³-hybridized carbons (Fsp3) is 0.562. The summed E-state index contributed by atoms with van der Waals surface area (Å²) < 4.78 is 1.77. The van der Waals surface area contributed by atoms with Crippen molar-refractivity contribution in [2.45, 2.75) is 46.0 Å². The molecule has 21 heavy (non-hydrogen) atoms. The summed E-state index contributed by atoms with van der Waals surface area (Å²) in [4.78, 5) is 19.1. The first-order valence-electron chi connectivity index (χ1n) is 7.78. The number of hydrogen-bond acceptors (Lipinski definition) is 3. The molecular weight excluding hydrogens is 264 g/mol. The second kappa shape index (κ2) is 5.84. The fourth-order valence-electron chi connectivity index (χ4n) is 2.99. The Kier molecular flexibility index (Phi) is 3.90. The Hall–Kier alpha value is -1.91. The summed E-state index contributed by atoms with van der Waals surface area (Å²) in [7, 11) is 0. The smallest absolute Gasteiger partial charge is 0.257 e. The molecule has 0 radical (unpaired) electrons. The molecule has 0 atom stereocenters. The van der Waals surface area contributed by atoms with Gasteiger partial charge in [-0.15, -0.1) is 0 Å². The van der Waals surface area contributed by atoms with Gasteiger partial charge in [0.2, 0.25) is 0 Å². The third-order valence-corrected chi connectivity index (χ3v) is 4.22. The molecule has 1 aliphatic rings.